The van der Waals surface area contributed by atoms with Crippen LogP contribution in [-0.4, -0.2) is 70.0 Å². The van der Waals surface area contributed by atoms with E-state index in [1.54, 1.807) is 0 Å². The third kappa shape index (κ3) is 9.27. The number of carboxylic acids is 4. The van der Waals surface area contributed by atoms with Gasteiger partial charge < -0.3 is 39.6 Å². The zero-order chi connectivity index (χ0) is 41.5. The van der Waals surface area contributed by atoms with Crippen molar-refractivity contribution in [3.8, 4) is 0 Å². The van der Waals surface area contributed by atoms with Gasteiger partial charge in [0.25, 0.3) is 0 Å². The van der Waals surface area contributed by atoms with Crippen molar-refractivity contribution in [2.45, 2.75) is 176 Å². The van der Waals surface area contributed by atoms with Gasteiger partial charge >= 0.3 is 46.1 Å². The Kier molecular flexibility index (Phi) is 18.1. The molecule has 0 N–H and O–H groups in total. The third-order valence-corrected chi connectivity index (χ3v) is 13.7. The Morgan fingerprint density at radius 2 is 0.593 bits per heavy atom. The van der Waals surface area contributed by atoms with Crippen LogP contribution >= 0.6 is 0 Å². The quantitative estimate of drug-likeness (QED) is 0.255. The fourth-order valence-corrected chi connectivity index (χ4v) is 13.2. The topological polar surface area (TPSA) is 161 Å². The molecule has 0 bridgehead atoms. The van der Waals surface area contributed by atoms with Crippen molar-refractivity contribution in [1.29, 1.82) is 0 Å². The van der Waals surface area contributed by atoms with Crippen LogP contribution in [0.25, 0.3) is 0 Å². The van der Waals surface area contributed by atoms with Crippen LogP contribution in [0.3, 0.4) is 0 Å². The van der Waals surface area contributed by atoms with E-state index in [9.17, 15) is 39.6 Å². The largest absolute Gasteiger partial charge is 2.00 e. The number of hydrogen-bond acceptors (Lipinski definition) is 8. The van der Waals surface area contributed by atoms with E-state index in [0.717, 1.165) is 50.7 Å². The van der Waals surface area contributed by atoms with Crippen molar-refractivity contribution in [3.05, 3.63) is 23.3 Å². The average molecular weight is 778 g/mol. The first kappa shape index (κ1) is 55.0. The van der Waals surface area contributed by atoms with E-state index in [1.807, 2.05) is 41.5 Å². The molecular weight excluding hydrogens is 705 g/mol. The zero-order valence-electron chi connectivity index (χ0n) is 37.5. The summed E-state index contributed by atoms with van der Waals surface area (Å²) in [6.45, 7) is 37.9. The number of carboxylic acid groups (broad SMARTS) is 4. The fraction of sp³-hybridized carbons (Fsp3) is 0.818. The van der Waals surface area contributed by atoms with Gasteiger partial charge in [0.05, 0.1) is 23.9 Å². The normalized spacial score (nSPS) is 24.1. The van der Waals surface area contributed by atoms with Crippen LogP contribution in [0.15, 0.2) is 23.3 Å². The Labute approximate surface area is 360 Å². The molecule has 300 valence electrons. The Morgan fingerprint density at radius 3 is 0.741 bits per heavy atom. The summed E-state index contributed by atoms with van der Waals surface area (Å²) in [6.07, 6.45) is 8.23. The molecule has 10 heteroatoms. The van der Waals surface area contributed by atoms with Crippen molar-refractivity contribution < 1.29 is 39.6 Å². The molecule has 0 aromatic carbocycles. The minimum absolute atomic E-state index is 0. The predicted octanol–water partition coefficient (Wildman–Crippen LogP) is 5.43. The summed E-state index contributed by atoms with van der Waals surface area (Å²) in [4.78, 5) is 47.4. The number of carbonyl (C=O) groups is 4. The predicted molar refractivity (Wildman–Crippen MR) is 211 cm³/mol. The van der Waals surface area contributed by atoms with Gasteiger partial charge in [0.2, 0.25) is 0 Å². The average Bonchev–Trinajstić information content (AvgIpc) is 2.90. The molecule has 2 unspecified atom stereocenters. The van der Waals surface area contributed by atoms with Crippen LogP contribution in [0, 0.1) is 54.1 Å². The Morgan fingerprint density at radius 1 is 0.389 bits per heavy atom. The first-order valence-electron chi connectivity index (χ1n) is 19.2. The van der Waals surface area contributed by atoms with Gasteiger partial charge in [-0.25, -0.2) is 0 Å². The van der Waals surface area contributed by atoms with Gasteiger partial charge in [0.1, 0.15) is 0 Å². The van der Waals surface area contributed by atoms with Gasteiger partial charge in [-0.05, 0) is 92.3 Å². The van der Waals surface area contributed by atoms with Crippen molar-refractivity contribution in [3.63, 3.8) is 0 Å². The molecule has 2 rings (SSSR count). The van der Waals surface area contributed by atoms with Crippen LogP contribution < -0.4 is 20.4 Å². The Balaban J connectivity index is 0. The smallest absolute Gasteiger partial charge is 0.545 e. The first-order chi connectivity index (χ1) is 22.9. The van der Waals surface area contributed by atoms with Crippen molar-refractivity contribution in [2.75, 3.05) is 0 Å². The molecule has 0 aromatic heterocycles. The SMILES string of the molecule is CC(C)(C)C1(/C(=C/C(=O)[O-])C(=O)[O-])CCCCC1(C(C)(C)C)C(C)(C)C.CC(C)(C)C1(/C(=C\C(=O)[O-])C(=O)[O-])CCCCC1(C(C)(C)C)C(C)(C)C.[Mg+2].[Mg+2]. The van der Waals surface area contributed by atoms with E-state index in [1.165, 1.54) is 0 Å². The summed E-state index contributed by atoms with van der Waals surface area (Å²) < 4.78 is 0. The summed E-state index contributed by atoms with van der Waals surface area (Å²) in [5, 5.41) is 47.4. The molecule has 0 aromatic rings. The van der Waals surface area contributed by atoms with Gasteiger partial charge in [0, 0.05) is 10.8 Å². The number of rotatable bonds is 6. The van der Waals surface area contributed by atoms with E-state index in [-0.39, 0.29) is 78.9 Å². The van der Waals surface area contributed by atoms with E-state index < -0.39 is 56.4 Å². The second-order valence-corrected chi connectivity index (χ2v) is 21.9. The third-order valence-electron chi connectivity index (χ3n) is 13.7. The van der Waals surface area contributed by atoms with Crippen molar-refractivity contribution in [2.24, 2.45) is 54.1 Å². The summed E-state index contributed by atoms with van der Waals surface area (Å²) in [6, 6.07) is 0. The molecular formula is C44H72Mg2O8. The second kappa shape index (κ2) is 17.8. The van der Waals surface area contributed by atoms with Gasteiger partial charge in [-0.1, -0.05) is 150 Å². The number of carbonyl (C=O) groups excluding carboxylic acids is 4. The zero-order valence-corrected chi connectivity index (χ0v) is 40.3. The van der Waals surface area contributed by atoms with Crippen LogP contribution in [0.4, 0.5) is 0 Å². The van der Waals surface area contributed by atoms with Crippen LogP contribution in [0.1, 0.15) is 176 Å². The molecule has 2 saturated carbocycles. The fourth-order valence-electron chi connectivity index (χ4n) is 13.2. The van der Waals surface area contributed by atoms with E-state index in [2.05, 4.69) is 83.1 Å². The minimum atomic E-state index is -1.48. The maximum Gasteiger partial charge on any atom is 2.00 e. The summed E-state index contributed by atoms with van der Waals surface area (Å²) in [5.41, 5.74) is -4.77. The summed E-state index contributed by atoms with van der Waals surface area (Å²) in [5.74, 6) is -5.75. The minimum Gasteiger partial charge on any atom is -0.545 e. The molecule has 2 atom stereocenters. The van der Waals surface area contributed by atoms with Crippen LogP contribution in [0.2, 0.25) is 0 Å². The van der Waals surface area contributed by atoms with Crippen LogP contribution in [0.5, 0.6) is 0 Å². The monoisotopic (exact) mass is 776 g/mol. The Bertz CT molecular complexity index is 1280. The second-order valence-electron chi connectivity index (χ2n) is 21.9. The van der Waals surface area contributed by atoms with Gasteiger partial charge in [0.15, 0.2) is 0 Å². The van der Waals surface area contributed by atoms with Crippen molar-refractivity contribution >= 4 is 70.0 Å². The Hall–Kier alpha value is -1.11. The van der Waals surface area contributed by atoms with E-state index in [0.29, 0.717) is 12.8 Å². The molecule has 0 saturated heterocycles. The van der Waals surface area contributed by atoms with E-state index in [4.69, 9.17) is 0 Å². The van der Waals surface area contributed by atoms with E-state index >= 15 is 0 Å². The molecule has 8 nitrogen and oxygen atoms in total. The number of aliphatic carboxylic acids is 4. The molecule has 0 amide bonds. The molecule has 0 radical (unpaired) electrons. The molecule has 0 spiro atoms. The molecule has 2 aliphatic carbocycles. The molecule has 0 heterocycles. The van der Waals surface area contributed by atoms with Gasteiger partial charge in [-0.2, -0.15) is 0 Å². The molecule has 54 heavy (non-hydrogen) atoms. The molecule has 2 aliphatic rings. The van der Waals surface area contributed by atoms with Gasteiger partial charge in [-0.15, -0.1) is 0 Å². The van der Waals surface area contributed by atoms with Crippen LogP contribution in [-0.2, 0) is 19.2 Å². The van der Waals surface area contributed by atoms with Crippen molar-refractivity contribution in [1.82, 2.24) is 0 Å². The maximum atomic E-state index is 12.3. The number of hydrogen-bond donors (Lipinski definition) is 0. The maximum absolute atomic E-state index is 12.3. The first-order valence-corrected chi connectivity index (χ1v) is 19.2. The summed E-state index contributed by atoms with van der Waals surface area (Å²) in [7, 11) is 0. The van der Waals surface area contributed by atoms with Gasteiger partial charge in [-0.3, -0.25) is 0 Å². The molecule has 0 aliphatic heterocycles. The standard InChI is InChI=1S/2C22H38O4.2Mg/c2*1-18(2,3)21(15(17(25)26)14-16(23)24)12-10-11-13-22(21,19(4,5)6)20(7,8)9;;/h2*14H,10-13H2,1-9H3,(H,23,24)(H,25,26);;/q;;2*+2/p-4/b15-14+;15-14-;;. The summed E-state index contributed by atoms with van der Waals surface area (Å²) >= 11 is 0. The molecule has 2 fully saturated rings.